The lowest BCUT2D eigenvalue weighted by molar-refractivity contribution is -0.122. The molecule has 3 rings (SSSR count). The van der Waals surface area contributed by atoms with Crippen LogP contribution in [0.25, 0.3) is 0 Å². The maximum Gasteiger partial charge on any atom is 0.262 e. The number of carbonyl (C=O) groups is 2. The van der Waals surface area contributed by atoms with Crippen LogP contribution in [0.15, 0.2) is 23.1 Å². The quantitative estimate of drug-likeness (QED) is 0.780. The van der Waals surface area contributed by atoms with Gasteiger partial charge in [0.05, 0.1) is 15.8 Å². The number of sulfone groups is 1. The van der Waals surface area contributed by atoms with E-state index in [0.29, 0.717) is 11.4 Å². The first kappa shape index (κ1) is 20.6. The second-order valence-corrected chi connectivity index (χ2v) is 10.0. The molecule has 0 spiro atoms. The third-order valence-electron chi connectivity index (χ3n) is 5.39. The molecule has 8 heteroatoms. The SMILES string of the molecule is CC(CC(=O)NC1CCCCCCC1)S(=O)(=O)c1ccc2c(c1)OCC(=O)N2. The van der Waals surface area contributed by atoms with Crippen molar-refractivity contribution < 1.29 is 22.7 Å². The second kappa shape index (κ2) is 8.94. The van der Waals surface area contributed by atoms with Gasteiger partial charge in [-0.2, -0.15) is 0 Å². The van der Waals surface area contributed by atoms with Crippen molar-refractivity contribution in [2.75, 3.05) is 11.9 Å². The van der Waals surface area contributed by atoms with Crippen molar-refractivity contribution in [2.45, 2.75) is 74.5 Å². The van der Waals surface area contributed by atoms with Gasteiger partial charge in [-0.15, -0.1) is 0 Å². The summed E-state index contributed by atoms with van der Waals surface area (Å²) < 4.78 is 31.1. The van der Waals surface area contributed by atoms with Crippen LogP contribution in [0.4, 0.5) is 5.69 Å². The van der Waals surface area contributed by atoms with Gasteiger partial charge in [-0.05, 0) is 31.9 Å². The summed E-state index contributed by atoms with van der Waals surface area (Å²) in [5, 5.41) is 4.80. The van der Waals surface area contributed by atoms with Crippen LogP contribution in [0.1, 0.15) is 58.3 Å². The van der Waals surface area contributed by atoms with Gasteiger partial charge in [-0.25, -0.2) is 8.42 Å². The zero-order valence-electron chi connectivity index (χ0n) is 16.2. The van der Waals surface area contributed by atoms with E-state index in [4.69, 9.17) is 4.74 Å². The van der Waals surface area contributed by atoms with Crippen LogP contribution in [0.3, 0.4) is 0 Å². The Morgan fingerprint density at radius 3 is 2.61 bits per heavy atom. The summed E-state index contributed by atoms with van der Waals surface area (Å²) in [5.74, 6) is -0.169. The smallest absolute Gasteiger partial charge is 0.262 e. The fraction of sp³-hybridized carbons (Fsp3) is 0.600. The van der Waals surface area contributed by atoms with E-state index in [-0.39, 0.29) is 35.8 Å². The van der Waals surface area contributed by atoms with Crippen molar-refractivity contribution in [3.8, 4) is 5.75 Å². The summed E-state index contributed by atoms with van der Waals surface area (Å²) in [6.07, 6.45) is 7.68. The van der Waals surface area contributed by atoms with Crippen molar-refractivity contribution in [2.24, 2.45) is 0 Å². The van der Waals surface area contributed by atoms with Gasteiger partial charge in [0.2, 0.25) is 5.91 Å². The minimum Gasteiger partial charge on any atom is -0.482 e. The van der Waals surface area contributed by atoms with Gasteiger partial charge in [0.15, 0.2) is 16.4 Å². The molecule has 1 saturated carbocycles. The molecule has 2 amide bonds. The molecule has 1 aliphatic heterocycles. The highest BCUT2D eigenvalue weighted by atomic mass is 32.2. The summed E-state index contributed by atoms with van der Waals surface area (Å²) in [7, 11) is -3.69. The largest absolute Gasteiger partial charge is 0.482 e. The Morgan fingerprint density at radius 2 is 1.89 bits per heavy atom. The third-order valence-corrected chi connectivity index (χ3v) is 7.52. The van der Waals surface area contributed by atoms with E-state index >= 15 is 0 Å². The van der Waals surface area contributed by atoms with Crippen LogP contribution in [0.2, 0.25) is 0 Å². The van der Waals surface area contributed by atoms with E-state index in [9.17, 15) is 18.0 Å². The Morgan fingerprint density at radius 1 is 1.21 bits per heavy atom. The van der Waals surface area contributed by atoms with Gasteiger partial charge >= 0.3 is 0 Å². The number of hydrogen-bond donors (Lipinski definition) is 2. The van der Waals surface area contributed by atoms with Gasteiger partial charge in [0, 0.05) is 18.5 Å². The number of ether oxygens (including phenoxy) is 1. The first-order chi connectivity index (χ1) is 13.4. The molecular formula is C20H28N2O5S. The molecule has 1 aromatic carbocycles. The van der Waals surface area contributed by atoms with Gasteiger partial charge in [-0.1, -0.05) is 32.1 Å². The van der Waals surface area contributed by atoms with Crippen LogP contribution in [0, 0.1) is 0 Å². The van der Waals surface area contributed by atoms with Crippen molar-refractivity contribution >= 4 is 27.3 Å². The van der Waals surface area contributed by atoms with Crippen LogP contribution in [-0.2, 0) is 19.4 Å². The number of anilines is 1. The van der Waals surface area contributed by atoms with E-state index in [1.54, 1.807) is 6.92 Å². The molecule has 154 valence electrons. The number of fused-ring (bicyclic) bond motifs is 1. The fourth-order valence-electron chi connectivity index (χ4n) is 3.72. The Bertz CT molecular complexity index is 829. The van der Waals surface area contributed by atoms with E-state index in [2.05, 4.69) is 10.6 Å². The van der Waals surface area contributed by atoms with Crippen LogP contribution in [0.5, 0.6) is 5.75 Å². The molecular weight excluding hydrogens is 380 g/mol. The lowest BCUT2D eigenvalue weighted by atomic mass is 9.96. The average Bonchev–Trinajstić information content (AvgIpc) is 2.63. The molecule has 1 heterocycles. The van der Waals surface area contributed by atoms with Crippen molar-refractivity contribution in [3.05, 3.63) is 18.2 Å². The first-order valence-electron chi connectivity index (χ1n) is 9.96. The van der Waals surface area contributed by atoms with E-state index in [1.807, 2.05) is 0 Å². The number of nitrogens with one attached hydrogen (secondary N) is 2. The highest BCUT2D eigenvalue weighted by Gasteiger charge is 2.28. The fourth-order valence-corrected chi connectivity index (χ4v) is 5.09. The molecule has 1 aromatic rings. The number of rotatable bonds is 5. The Labute approximate surface area is 166 Å². The van der Waals surface area contributed by atoms with Crippen LogP contribution < -0.4 is 15.4 Å². The molecule has 2 N–H and O–H groups in total. The Hall–Kier alpha value is -2.09. The molecule has 2 aliphatic rings. The van der Waals surface area contributed by atoms with Gasteiger partial charge < -0.3 is 15.4 Å². The molecule has 0 saturated heterocycles. The molecule has 1 unspecified atom stereocenters. The van der Waals surface area contributed by atoms with E-state index in [1.165, 1.54) is 37.5 Å². The lowest BCUT2D eigenvalue weighted by Gasteiger charge is -2.22. The molecule has 7 nitrogen and oxygen atoms in total. The van der Waals surface area contributed by atoms with Gasteiger partial charge in [0.25, 0.3) is 5.91 Å². The van der Waals surface area contributed by atoms with Crippen LogP contribution >= 0.6 is 0 Å². The molecule has 28 heavy (non-hydrogen) atoms. The number of benzene rings is 1. The van der Waals surface area contributed by atoms with Crippen molar-refractivity contribution in [1.29, 1.82) is 0 Å². The summed E-state index contributed by atoms with van der Waals surface area (Å²) in [4.78, 5) is 23.9. The molecule has 1 aliphatic carbocycles. The summed E-state index contributed by atoms with van der Waals surface area (Å²) in [6, 6.07) is 4.50. The lowest BCUT2D eigenvalue weighted by Crippen LogP contribution is -2.37. The topological polar surface area (TPSA) is 102 Å². The minimum absolute atomic E-state index is 0.0759. The molecule has 0 radical (unpaired) electrons. The maximum atomic E-state index is 12.9. The molecule has 0 bridgehead atoms. The normalized spacial score (nSPS) is 19.4. The number of amides is 2. The first-order valence-corrected chi connectivity index (χ1v) is 11.5. The predicted molar refractivity (Wildman–Crippen MR) is 106 cm³/mol. The molecule has 1 atom stereocenters. The monoisotopic (exact) mass is 408 g/mol. The second-order valence-electron chi connectivity index (χ2n) is 7.66. The molecule has 1 fully saturated rings. The van der Waals surface area contributed by atoms with Crippen molar-refractivity contribution in [1.82, 2.24) is 5.32 Å². The Balaban J connectivity index is 1.63. The maximum absolute atomic E-state index is 12.9. The third kappa shape index (κ3) is 5.04. The zero-order chi connectivity index (χ0) is 20.1. The highest BCUT2D eigenvalue weighted by molar-refractivity contribution is 7.92. The Kier molecular flexibility index (Phi) is 6.59. The van der Waals surface area contributed by atoms with Crippen molar-refractivity contribution in [3.63, 3.8) is 0 Å². The number of hydrogen-bond acceptors (Lipinski definition) is 5. The van der Waals surface area contributed by atoms with Gasteiger partial charge in [0.1, 0.15) is 5.75 Å². The summed E-state index contributed by atoms with van der Waals surface area (Å²) in [5.41, 5.74) is 0.449. The highest BCUT2D eigenvalue weighted by Crippen LogP contribution is 2.31. The summed E-state index contributed by atoms with van der Waals surface area (Å²) in [6.45, 7) is 1.41. The minimum atomic E-state index is -3.69. The number of carbonyl (C=O) groups excluding carboxylic acids is 2. The predicted octanol–water partition coefficient (Wildman–Crippen LogP) is 2.80. The van der Waals surface area contributed by atoms with Gasteiger partial charge in [-0.3, -0.25) is 9.59 Å². The van der Waals surface area contributed by atoms with Crippen LogP contribution in [-0.4, -0.2) is 38.1 Å². The summed E-state index contributed by atoms with van der Waals surface area (Å²) >= 11 is 0. The average molecular weight is 409 g/mol. The van der Waals surface area contributed by atoms with E-state index in [0.717, 1.165) is 25.7 Å². The zero-order valence-corrected chi connectivity index (χ0v) is 17.0. The van der Waals surface area contributed by atoms with E-state index < -0.39 is 15.1 Å². The molecule has 0 aromatic heterocycles. The standard InChI is InChI=1S/C20H28N2O5S/c1-14(11-19(23)21-15-7-5-3-2-4-6-8-15)28(25,26)16-9-10-17-18(12-16)27-13-20(24)22-17/h9-10,12,14-15H,2-8,11,13H2,1H3,(H,21,23)(H,22,24).